The van der Waals surface area contributed by atoms with Crippen molar-refractivity contribution in [2.45, 2.75) is 4.90 Å². The summed E-state index contributed by atoms with van der Waals surface area (Å²) in [5.41, 5.74) is 5.35. The maximum Gasteiger partial charge on any atom is 0.0867 e. The van der Waals surface area contributed by atoms with E-state index in [9.17, 15) is 0 Å². The van der Waals surface area contributed by atoms with Crippen LogP contribution >= 0.6 is 24.0 Å². The van der Waals surface area contributed by atoms with Gasteiger partial charge in [0.2, 0.25) is 0 Å². The molecule has 0 radical (unpaired) electrons. The molecule has 7 heavy (non-hydrogen) atoms. The van der Waals surface area contributed by atoms with Crippen molar-refractivity contribution < 1.29 is 0 Å². The fraction of sp³-hybridized carbons (Fsp3) is 0. The van der Waals surface area contributed by atoms with Gasteiger partial charge in [-0.1, -0.05) is 0 Å². The van der Waals surface area contributed by atoms with Gasteiger partial charge in [0, 0.05) is 10.3 Å². The van der Waals surface area contributed by atoms with Gasteiger partial charge in [0.25, 0.3) is 0 Å². The summed E-state index contributed by atoms with van der Waals surface area (Å²) in [6, 6.07) is 1.83. The number of hydrogen-bond acceptors (Lipinski definition) is 3. The molecule has 0 unspecified atom stereocenters. The summed E-state index contributed by atoms with van der Waals surface area (Å²) in [7, 11) is 0. The van der Waals surface area contributed by atoms with E-state index in [0.29, 0.717) is 0 Å². The van der Waals surface area contributed by atoms with E-state index in [1.165, 1.54) is 11.3 Å². The second kappa shape index (κ2) is 1.76. The van der Waals surface area contributed by atoms with Crippen molar-refractivity contribution >= 4 is 29.0 Å². The highest BCUT2D eigenvalue weighted by molar-refractivity contribution is 7.80. The van der Waals surface area contributed by atoms with Crippen LogP contribution in [0.25, 0.3) is 0 Å². The minimum atomic E-state index is 0.824. The van der Waals surface area contributed by atoms with Gasteiger partial charge in [-0.3, -0.25) is 0 Å². The molecule has 0 fully saturated rings. The van der Waals surface area contributed by atoms with Crippen molar-refractivity contribution in [3.63, 3.8) is 0 Å². The smallest absolute Gasteiger partial charge is 0.0867 e. The van der Waals surface area contributed by atoms with Crippen molar-refractivity contribution in [1.29, 1.82) is 0 Å². The highest BCUT2D eigenvalue weighted by Crippen LogP contribution is 2.18. The average molecular weight is 131 g/mol. The molecule has 0 saturated heterocycles. The third-order valence-electron chi connectivity index (χ3n) is 0.606. The first-order chi connectivity index (χ1) is 3.29. The fourth-order valence-corrected chi connectivity index (χ4v) is 1.25. The fourth-order valence-electron chi connectivity index (χ4n) is 0.342. The van der Waals surface area contributed by atoms with Gasteiger partial charge in [-0.05, 0) is 6.07 Å². The predicted molar refractivity (Wildman–Crippen MR) is 36.0 cm³/mol. The Hall–Kier alpha value is -0.150. The molecule has 0 aromatic carbocycles. The number of anilines is 1. The molecule has 0 spiro atoms. The average Bonchev–Trinajstić information content (AvgIpc) is 1.87. The topological polar surface area (TPSA) is 26.0 Å². The van der Waals surface area contributed by atoms with Crippen molar-refractivity contribution in [1.82, 2.24) is 0 Å². The van der Waals surface area contributed by atoms with E-state index in [-0.39, 0.29) is 0 Å². The SMILES string of the molecule is Nc1cc(S)cs1. The summed E-state index contributed by atoms with van der Waals surface area (Å²) in [6.45, 7) is 0. The first-order valence-electron chi connectivity index (χ1n) is 1.82. The quantitative estimate of drug-likeness (QED) is 0.514. The Morgan fingerprint density at radius 2 is 2.43 bits per heavy atom. The Bertz CT molecular complexity index is 142. The lowest BCUT2D eigenvalue weighted by Crippen LogP contribution is -1.72. The molecule has 1 rings (SSSR count). The summed E-state index contributed by atoms with van der Waals surface area (Å²) >= 11 is 5.54. The molecule has 0 aliphatic heterocycles. The van der Waals surface area contributed by atoms with Crippen LogP contribution in [0.4, 0.5) is 5.00 Å². The van der Waals surface area contributed by atoms with Gasteiger partial charge in [-0.15, -0.1) is 24.0 Å². The van der Waals surface area contributed by atoms with E-state index in [1.54, 1.807) is 0 Å². The second-order valence-electron chi connectivity index (χ2n) is 1.21. The van der Waals surface area contributed by atoms with Crippen LogP contribution in [0.5, 0.6) is 0 Å². The van der Waals surface area contributed by atoms with Gasteiger partial charge in [-0.2, -0.15) is 0 Å². The molecule has 0 aliphatic carbocycles. The first-order valence-corrected chi connectivity index (χ1v) is 3.15. The molecule has 0 bridgehead atoms. The molecule has 0 amide bonds. The second-order valence-corrected chi connectivity index (χ2v) is 2.67. The zero-order chi connectivity index (χ0) is 5.28. The van der Waals surface area contributed by atoms with Crippen molar-refractivity contribution in [2.75, 3.05) is 5.73 Å². The third-order valence-corrected chi connectivity index (χ3v) is 1.80. The number of thiophene rings is 1. The minimum absolute atomic E-state index is 0.824. The molecule has 1 aromatic heterocycles. The van der Waals surface area contributed by atoms with E-state index in [1.807, 2.05) is 11.4 Å². The Morgan fingerprint density at radius 1 is 1.71 bits per heavy atom. The zero-order valence-electron chi connectivity index (χ0n) is 3.59. The molecule has 1 nitrogen and oxygen atoms in total. The lowest BCUT2D eigenvalue weighted by atomic mass is 10.6. The van der Waals surface area contributed by atoms with Crippen molar-refractivity contribution in [3.8, 4) is 0 Å². The summed E-state index contributed by atoms with van der Waals surface area (Å²) in [5.74, 6) is 0. The number of hydrogen-bond donors (Lipinski definition) is 2. The number of nitrogen functional groups attached to an aromatic ring is 1. The normalized spacial score (nSPS) is 9.29. The molecule has 1 aromatic rings. The molecule has 38 valence electrons. The van der Waals surface area contributed by atoms with Crippen LogP contribution < -0.4 is 5.73 Å². The highest BCUT2D eigenvalue weighted by atomic mass is 32.1. The molecular weight excluding hydrogens is 126 g/mol. The Balaban J connectivity index is 3.04. The molecule has 0 atom stereocenters. The summed E-state index contributed by atoms with van der Waals surface area (Å²) < 4.78 is 0. The Kier molecular flexibility index (Phi) is 1.25. The van der Waals surface area contributed by atoms with Crippen LogP contribution in [-0.2, 0) is 0 Å². The molecule has 1 heterocycles. The maximum absolute atomic E-state index is 5.35. The van der Waals surface area contributed by atoms with Crippen molar-refractivity contribution in [3.05, 3.63) is 11.4 Å². The minimum Gasteiger partial charge on any atom is -0.391 e. The number of thiol groups is 1. The van der Waals surface area contributed by atoms with Gasteiger partial charge >= 0.3 is 0 Å². The van der Waals surface area contributed by atoms with E-state index in [2.05, 4.69) is 12.6 Å². The zero-order valence-corrected chi connectivity index (χ0v) is 5.30. The lowest BCUT2D eigenvalue weighted by Gasteiger charge is -1.71. The molecule has 2 N–H and O–H groups in total. The van der Waals surface area contributed by atoms with Crippen LogP contribution in [0.15, 0.2) is 16.3 Å². The van der Waals surface area contributed by atoms with Crippen LogP contribution in [0.2, 0.25) is 0 Å². The maximum atomic E-state index is 5.35. The van der Waals surface area contributed by atoms with Crippen molar-refractivity contribution in [2.24, 2.45) is 0 Å². The summed E-state index contributed by atoms with van der Waals surface area (Å²) in [5, 5.41) is 2.73. The van der Waals surface area contributed by atoms with Crippen LogP contribution in [0, 0.1) is 0 Å². The number of nitrogens with two attached hydrogens (primary N) is 1. The Morgan fingerprint density at radius 3 is 2.57 bits per heavy atom. The molecule has 3 heteroatoms. The Labute approximate surface area is 51.6 Å². The standard InChI is InChI=1S/C4H5NS2/c5-4-1-3(6)2-7-4/h1-2,6H,5H2. The lowest BCUT2D eigenvalue weighted by molar-refractivity contribution is 1.62. The van der Waals surface area contributed by atoms with Gasteiger partial charge in [0.05, 0.1) is 5.00 Å². The van der Waals surface area contributed by atoms with Gasteiger partial charge < -0.3 is 5.73 Å². The third kappa shape index (κ3) is 1.11. The monoisotopic (exact) mass is 131 g/mol. The van der Waals surface area contributed by atoms with E-state index < -0.39 is 0 Å². The van der Waals surface area contributed by atoms with E-state index in [4.69, 9.17) is 5.73 Å². The highest BCUT2D eigenvalue weighted by Gasteiger charge is 1.85. The van der Waals surface area contributed by atoms with Gasteiger partial charge in [0.15, 0.2) is 0 Å². The number of rotatable bonds is 0. The predicted octanol–water partition coefficient (Wildman–Crippen LogP) is 1.62. The van der Waals surface area contributed by atoms with Gasteiger partial charge in [-0.25, -0.2) is 0 Å². The van der Waals surface area contributed by atoms with E-state index in [0.717, 1.165) is 9.90 Å². The summed E-state index contributed by atoms with van der Waals surface area (Å²) in [4.78, 5) is 0.947. The van der Waals surface area contributed by atoms with Gasteiger partial charge in [0.1, 0.15) is 0 Å². The van der Waals surface area contributed by atoms with Crippen LogP contribution in [0.3, 0.4) is 0 Å². The van der Waals surface area contributed by atoms with Crippen LogP contribution in [0.1, 0.15) is 0 Å². The summed E-state index contributed by atoms with van der Waals surface area (Å²) in [6.07, 6.45) is 0. The molecule has 0 saturated carbocycles. The molecule has 0 aliphatic rings. The van der Waals surface area contributed by atoms with E-state index >= 15 is 0 Å². The largest absolute Gasteiger partial charge is 0.391 e. The molecular formula is C4H5NS2. The first kappa shape index (κ1) is 5.00. The van der Waals surface area contributed by atoms with Crippen LogP contribution in [-0.4, -0.2) is 0 Å².